The lowest BCUT2D eigenvalue weighted by Gasteiger charge is -2.24. The molecule has 0 aromatic heterocycles. The Morgan fingerprint density at radius 1 is 1.32 bits per heavy atom. The van der Waals surface area contributed by atoms with Crippen LogP contribution in [0.25, 0.3) is 0 Å². The van der Waals surface area contributed by atoms with Crippen molar-refractivity contribution >= 4 is 21.9 Å². The van der Waals surface area contributed by atoms with Crippen LogP contribution in [-0.2, 0) is 19.6 Å². The first-order valence-electron chi connectivity index (χ1n) is 8.45. The number of rotatable bonds is 8. The molecule has 8 heteroatoms. The third kappa shape index (κ3) is 4.58. The Morgan fingerprint density at radius 2 is 2.00 bits per heavy atom. The van der Waals surface area contributed by atoms with Gasteiger partial charge >= 0.3 is 5.97 Å². The molecule has 0 saturated carbocycles. The first kappa shape index (κ1) is 19.4. The summed E-state index contributed by atoms with van der Waals surface area (Å²) in [5.74, 6) is -2.05. The van der Waals surface area contributed by atoms with Crippen LogP contribution in [0.3, 0.4) is 0 Å². The van der Waals surface area contributed by atoms with Crippen molar-refractivity contribution in [2.24, 2.45) is 5.92 Å². The zero-order valence-electron chi connectivity index (χ0n) is 14.2. The van der Waals surface area contributed by atoms with Gasteiger partial charge in [-0.1, -0.05) is 31.5 Å². The van der Waals surface area contributed by atoms with E-state index in [2.05, 4.69) is 5.32 Å². The van der Waals surface area contributed by atoms with E-state index < -0.39 is 33.9 Å². The van der Waals surface area contributed by atoms with E-state index >= 15 is 0 Å². The maximum atomic E-state index is 12.7. The molecule has 1 aliphatic heterocycles. The molecule has 138 valence electrons. The van der Waals surface area contributed by atoms with E-state index in [0.29, 0.717) is 25.7 Å². The molecule has 2 atom stereocenters. The van der Waals surface area contributed by atoms with Crippen LogP contribution in [0.2, 0.25) is 0 Å². The Balaban J connectivity index is 2.08. The molecule has 1 aliphatic rings. The van der Waals surface area contributed by atoms with Crippen molar-refractivity contribution < 1.29 is 23.1 Å². The lowest BCUT2D eigenvalue weighted by molar-refractivity contribution is -0.142. The van der Waals surface area contributed by atoms with Crippen molar-refractivity contribution in [1.29, 1.82) is 0 Å². The summed E-state index contributed by atoms with van der Waals surface area (Å²) in [6.45, 7) is 2.17. The summed E-state index contributed by atoms with van der Waals surface area (Å²) in [6.07, 6.45) is 2.20. The van der Waals surface area contributed by atoms with Gasteiger partial charge in [-0.15, -0.1) is 0 Å². The fourth-order valence-electron chi connectivity index (χ4n) is 3.02. The number of sulfonamides is 1. The number of carbonyl (C=O) groups is 2. The summed E-state index contributed by atoms with van der Waals surface area (Å²) in [7, 11) is -3.74. The Kier molecular flexibility index (Phi) is 6.55. The summed E-state index contributed by atoms with van der Waals surface area (Å²) in [6, 6.07) is 7.23. The number of amides is 1. The summed E-state index contributed by atoms with van der Waals surface area (Å²) in [5.41, 5.74) is 0. The lowest BCUT2D eigenvalue weighted by atomic mass is 10.0. The number of carbonyl (C=O) groups excluding carboxylic acids is 1. The van der Waals surface area contributed by atoms with E-state index in [1.807, 2.05) is 6.92 Å². The molecule has 7 nitrogen and oxygen atoms in total. The summed E-state index contributed by atoms with van der Waals surface area (Å²) in [4.78, 5) is 23.8. The number of hydrogen-bond acceptors (Lipinski definition) is 4. The minimum absolute atomic E-state index is 0.0116. The minimum Gasteiger partial charge on any atom is -0.481 e. The molecule has 1 heterocycles. The quantitative estimate of drug-likeness (QED) is 0.723. The van der Waals surface area contributed by atoms with E-state index in [1.165, 1.54) is 16.4 Å². The fraction of sp³-hybridized carbons (Fsp3) is 0.529. The largest absolute Gasteiger partial charge is 0.481 e. The fourth-order valence-corrected chi connectivity index (χ4v) is 4.70. The number of nitrogens with zero attached hydrogens (tertiary/aromatic N) is 1. The van der Waals surface area contributed by atoms with E-state index in [0.717, 1.165) is 0 Å². The van der Waals surface area contributed by atoms with Gasteiger partial charge < -0.3 is 10.4 Å². The van der Waals surface area contributed by atoms with Crippen molar-refractivity contribution in [3.63, 3.8) is 0 Å². The molecule has 2 rings (SSSR count). The molecule has 1 aromatic rings. The van der Waals surface area contributed by atoms with Gasteiger partial charge in [0.25, 0.3) is 0 Å². The number of nitrogens with one attached hydrogen (secondary N) is 1. The Hall–Kier alpha value is -1.93. The maximum Gasteiger partial charge on any atom is 0.308 e. The second-order valence-electron chi connectivity index (χ2n) is 6.16. The molecule has 0 spiro atoms. The van der Waals surface area contributed by atoms with E-state index in [-0.39, 0.29) is 18.0 Å². The second kappa shape index (κ2) is 8.44. The zero-order chi connectivity index (χ0) is 18.4. The highest BCUT2D eigenvalue weighted by Gasteiger charge is 2.39. The summed E-state index contributed by atoms with van der Waals surface area (Å²) in [5, 5.41) is 11.8. The van der Waals surface area contributed by atoms with Gasteiger partial charge in [0, 0.05) is 13.1 Å². The second-order valence-corrected chi connectivity index (χ2v) is 8.05. The van der Waals surface area contributed by atoms with Gasteiger partial charge in [0.2, 0.25) is 15.9 Å². The Bertz CT molecular complexity index is 705. The predicted molar refractivity (Wildman–Crippen MR) is 92.4 cm³/mol. The predicted octanol–water partition coefficient (Wildman–Crippen LogP) is 1.46. The molecule has 25 heavy (non-hydrogen) atoms. The first-order valence-corrected chi connectivity index (χ1v) is 9.89. The number of benzene rings is 1. The minimum atomic E-state index is -3.74. The molecular formula is C17H24N2O5S. The average molecular weight is 368 g/mol. The average Bonchev–Trinajstić information content (AvgIpc) is 3.09. The molecule has 0 aliphatic carbocycles. The van der Waals surface area contributed by atoms with Crippen molar-refractivity contribution in [2.75, 3.05) is 13.1 Å². The van der Waals surface area contributed by atoms with E-state index in [1.54, 1.807) is 18.2 Å². The molecule has 2 N–H and O–H groups in total. The monoisotopic (exact) mass is 368 g/mol. The number of aliphatic carboxylic acids is 1. The van der Waals surface area contributed by atoms with Crippen LogP contribution in [0.1, 0.15) is 32.6 Å². The van der Waals surface area contributed by atoms with Gasteiger partial charge in [-0.3, -0.25) is 9.59 Å². The number of hydrogen-bond donors (Lipinski definition) is 2. The van der Waals surface area contributed by atoms with Gasteiger partial charge in [-0.25, -0.2) is 8.42 Å². The van der Waals surface area contributed by atoms with Crippen LogP contribution < -0.4 is 5.32 Å². The van der Waals surface area contributed by atoms with Crippen LogP contribution in [0, 0.1) is 5.92 Å². The van der Waals surface area contributed by atoms with Crippen molar-refractivity contribution in [2.45, 2.75) is 43.5 Å². The van der Waals surface area contributed by atoms with Crippen LogP contribution >= 0.6 is 0 Å². The van der Waals surface area contributed by atoms with Crippen LogP contribution in [0.5, 0.6) is 0 Å². The topological polar surface area (TPSA) is 104 Å². The van der Waals surface area contributed by atoms with Crippen LogP contribution in [0.4, 0.5) is 0 Å². The number of carboxylic acid groups (broad SMARTS) is 1. The highest BCUT2D eigenvalue weighted by atomic mass is 32.2. The lowest BCUT2D eigenvalue weighted by Crippen LogP contribution is -2.47. The van der Waals surface area contributed by atoms with E-state index in [4.69, 9.17) is 5.11 Å². The molecule has 1 aromatic carbocycles. The third-order valence-electron chi connectivity index (χ3n) is 4.37. The standard InChI is InChI=1S/C17H24N2O5S/c1-2-7-13(17(21)22)12-18-16(20)15-10-6-11-19(15)25(23,24)14-8-4-3-5-9-14/h3-5,8-9,13,15H,2,6-7,10-12H2,1H3,(H,18,20)(H,21,22). The van der Waals surface area contributed by atoms with Gasteiger partial charge in [0.05, 0.1) is 10.8 Å². The zero-order valence-corrected chi connectivity index (χ0v) is 15.0. The van der Waals surface area contributed by atoms with Gasteiger partial charge in [-0.05, 0) is 31.4 Å². The third-order valence-corrected chi connectivity index (χ3v) is 6.29. The first-order chi connectivity index (χ1) is 11.9. The molecule has 0 bridgehead atoms. The Labute approximate surface area is 148 Å². The Morgan fingerprint density at radius 3 is 2.60 bits per heavy atom. The summed E-state index contributed by atoms with van der Waals surface area (Å²) < 4.78 is 26.7. The molecule has 1 saturated heterocycles. The molecule has 1 fully saturated rings. The van der Waals surface area contributed by atoms with Crippen molar-refractivity contribution in [3.8, 4) is 0 Å². The van der Waals surface area contributed by atoms with Crippen LogP contribution in [-0.4, -0.2) is 48.8 Å². The molecular weight excluding hydrogens is 344 g/mol. The SMILES string of the molecule is CCCC(CNC(=O)C1CCCN1S(=O)(=O)c1ccccc1)C(=O)O. The smallest absolute Gasteiger partial charge is 0.308 e. The van der Waals surface area contributed by atoms with Gasteiger partial charge in [0.1, 0.15) is 6.04 Å². The maximum absolute atomic E-state index is 12.7. The van der Waals surface area contributed by atoms with Crippen LogP contribution in [0.15, 0.2) is 35.2 Å². The van der Waals surface area contributed by atoms with Gasteiger partial charge in [0.15, 0.2) is 0 Å². The highest BCUT2D eigenvalue weighted by Crippen LogP contribution is 2.26. The summed E-state index contributed by atoms with van der Waals surface area (Å²) >= 11 is 0. The molecule has 0 radical (unpaired) electrons. The van der Waals surface area contributed by atoms with Crippen molar-refractivity contribution in [1.82, 2.24) is 9.62 Å². The van der Waals surface area contributed by atoms with Crippen molar-refractivity contribution in [3.05, 3.63) is 30.3 Å². The normalized spacial score (nSPS) is 19.5. The number of carboxylic acids is 1. The van der Waals surface area contributed by atoms with Gasteiger partial charge in [-0.2, -0.15) is 4.31 Å². The van der Waals surface area contributed by atoms with E-state index in [9.17, 15) is 18.0 Å². The highest BCUT2D eigenvalue weighted by molar-refractivity contribution is 7.89. The molecule has 2 unspecified atom stereocenters. The molecule has 1 amide bonds.